The van der Waals surface area contributed by atoms with E-state index in [1.165, 1.54) is 0 Å². The lowest BCUT2D eigenvalue weighted by molar-refractivity contribution is -0.133. The molecule has 98 valence electrons. The van der Waals surface area contributed by atoms with Gasteiger partial charge in [0.05, 0.1) is 6.04 Å². The molecule has 1 atom stereocenters. The highest BCUT2D eigenvalue weighted by atomic mass is 35.5. The number of rotatable bonds is 4. The van der Waals surface area contributed by atoms with E-state index in [0.29, 0.717) is 13.1 Å². The Morgan fingerprint density at radius 2 is 2.28 bits per heavy atom. The fraction of sp³-hybridized carbons (Fsp3) is 0.500. The van der Waals surface area contributed by atoms with Crippen molar-refractivity contribution in [1.82, 2.24) is 10.2 Å². The first kappa shape index (κ1) is 13.4. The molecule has 4 heteroatoms. The van der Waals surface area contributed by atoms with Crippen LogP contribution in [0.15, 0.2) is 24.3 Å². The average Bonchev–Trinajstić information content (AvgIpc) is 2.91. The van der Waals surface area contributed by atoms with Gasteiger partial charge in [-0.25, -0.2) is 0 Å². The standard InChI is InChI=1S/C14H19ClN2O/c1-2-17(14(18)13-8-5-9-16-13)10-11-6-3-4-7-12(11)15/h3-4,6-7,13,16H,2,5,8-10H2,1H3. The highest BCUT2D eigenvalue weighted by Gasteiger charge is 2.26. The van der Waals surface area contributed by atoms with E-state index in [2.05, 4.69) is 5.32 Å². The number of halogens is 1. The van der Waals surface area contributed by atoms with Gasteiger partial charge in [-0.15, -0.1) is 0 Å². The van der Waals surface area contributed by atoms with Crippen LogP contribution in [0.4, 0.5) is 0 Å². The third-order valence-electron chi connectivity index (χ3n) is 3.37. The Morgan fingerprint density at radius 1 is 1.50 bits per heavy atom. The number of benzene rings is 1. The molecule has 0 radical (unpaired) electrons. The van der Waals surface area contributed by atoms with Crippen LogP contribution in [0, 0.1) is 0 Å². The Balaban J connectivity index is 2.05. The second-order valence-corrected chi connectivity index (χ2v) is 5.00. The summed E-state index contributed by atoms with van der Waals surface area (Å²) >= 11 is 6.14. The Morgan fingerprint density at radius 3 is 2.89 bits per heavy atom. The first-order chi connectivity index (χ1) is 8.72. The molecule has 1 aliphatic rings. The van der Waals surface area contributed by atoms with Crippen LogP contribution >= 0.6 is 11.6 Å². The molecular formula is C14H19ClN2O. The van der Waals surface area contributed by atoms with Crippen molar-refractivity contribution in [2.45, 2.75) is 32.4 Å². The maximum absolute atomic E-state index is 12.3. The molecule has 0 saturated carbocycles. The zero-order chi connectivity index (χ0) is 13.0. The van der Waals surface area contributed by atoms with E-state index in [-0.39, 0.29) is 11.9 Å². The molecule has 18 heavy (non-hydrogen) atoms. The maximum atomic E-state index is 12.3. The van der Waals surface area contributed by atoms with Gasteiger partial charge in [0, 0.05) is 18.1 Å². The highest BCUT2D eigenvalue weighted by molar-refractivity contribution is 6.31. The largest absolute Gasteiger partial charge is 0.337 e. The van der Waals surface area contributed by atoms with Crippen molar-refractivity contribution in [3.63, 3.8) is 0 Å². The smallest absolute Gasteiger partial charge is 0.239 e. The Labute approximate surface area is 113 Å². The summed E-state index contributed by atoms with van der Waals surface area (Å²) in [7, 11) is 0. The molecule has 0 bridgehead atoms. The summed E-state index contributed by atoms with van der Waals surface area (Å²) < 4.78 is 0. The van der Waals surface area contributed by atoms with Gasteiger partial charge in [0.15, 0.2) is 0 Å². The summed E-state index contributed by atoms with van der Waals surface area (Å²) in [6, 6.07) is 7.69. The molecule has 1 aromatic carbocycles. The molecule has 0 aromatic heterocycles. The van der Waals surface area contributed by atoms with Crippen molar-refractivity contribution >= 4 is 17.5 Å². The van der Waals surface area contributed by atoms with Crippen LogP contribution in [0.25, 0.3) is 0 Å². The molecule has 1 unspecified atom stereocenters. The van der Waals surface area contributed by atoms with Crippen LogP contribution in [0.5, 0.6) is 0 Å². The first-order valence-electron chi connectivity index (χ1n) is 6.48. The van der Waals surface area contributed by atoms with Gasteiger partial charge in [0.1, 0.15) is 0 Å². The minimum atomic E-state index is -0.00700. The number of likely N-dealkylation sites (N-methyl/N-ethyl adjacent to an activating group) is 1. The van der Waals surface area contributed by atoms with Crippen molar-refractivity contribution in [2.24, 2.45) is 0 Å². The van der Waals surface area contributed by atoms with Crippen LogP contribution in [-0.2, 0) is 11.3 Å². The summed E-state index contributed by atoms with van der Waals surface area (Å²) in [5.74, 6) is 0.190. The highest BCUT2D eigenvalue weighted by Crippen LogP contribution is 2.18. The van der Waals surface area contributed by atoms with Crippen molar-refractivity contribution in [3.8, 4) is 0 Å². The van der Waals surface area contributed by atoms with Gasteiger partial charge in [-0.2, -0.15) is 0 Å². The monoisotopic (exact) mass is 266 g/mol. The quantitative estimate of drug-likeness (QED) is 0.908. The van der Waals surface area contributed by atoms with Gasteiger partial charge in [-0.3, -0.25) is 4.79 Å². The molecule has 0 aliphatic carbocycles. The fourth-order valence-electron chi connectivity index (χ4n) is 2.29. The van der Waals surface area contributed by atoms with E-state index in [4.69, 9.17) is 11.6 Å². The second-order valence-electron chi connectivity index (χ2n) is 4.59. The molecule has 1 saturated heterocycles. The van der Waals surface area contributed by atoms with Gasteiger partial charge >= 0.3 is 0 Å². The summed E-state index contributed by atoms with van der Waals surface area (Å²) in [5, 5.41) is 3.97. The molecule has 1 aromatic rings. The van der Waals surface area contributed by atoms with Gasteiger partial charge in [-0.05, 0) is 37.9 Å². The third-order valence-corrected chi connectivity index (χ3v) is 3.74. The van der Waals surface area contributed by atoms with E-state index in [9.17, 15) is 4.79 Å². The Bertz CT molecular complexity index is 416. The number of carbonyl (C=O) groups excluding carboxylic acids is 1. The molecule has 3 nitrogen and oxygen atoms in total. The lowest BCUT2D eigenvalue weighted by Gasteiger charge is -2.24. The molecule has 2 rings (SSSR count). The number of nitrogens with zero attached hydrogens (tertiary/aromatic N) is 1. The van der Waals surface area contributed by atoms with E-state index in [1.54, 1.807) is 0 Å². The van der Waals surface area contributed by atoms with Crippen molar-refractivity contribution in [3.05, 3.63) is 34.9 Å². The van der Waals surface area contributed by atoms with Crippen molar-refractivity contribution in [2.75, 3.05) is 13.1 Å². The zero-order valence-corrected chi connectivity index (χ0v) is 11.4. The zero-order valence-electron chi connectivity index (χ0n) is 10.7. The predicted octanol–water partition coefficient (Wildman–Crippen LogP) is 2.44. The van der Waals surface area contributed by atoms with E-state index in [0.717, 1.165) is 30.0 Å². The predicted molar refractivity (Wildman–Crippen MR) is 73.6 cm³/mol. The normalized spacial score (nSPS) is 18.9. The molecule has 1 aliphatic heterocycles. The molecule has 1 N–H and O–H groups in total. The van der Waals surface area contributed by atoms with Crippen molar-refractivity contribution < 1.29 is 4.79 Å². The first-order valence-corrected chi connectivity index (χ1v) is 6.85. The SMILES string of the molecule is CCN(Cc1ccccc1Cl)C(=O)C1CCCN1. The molecule has 0 spiro atoms. The minimum Gasteiger partial charge on any atom is -0.337 e. The average molecular weight is 267 g/mol. The maximum Gasteiger partial charge on any atom is 0.239 e. The summed E-state index contributed by atoms with van der Waals surface area (Å²) in [6.45, 7) is 4.25. The van der Waals surface area contributed by atoms with Gasteiger partial charge in [0.25, 0.3) is 0 Å². The number of hydrogen-bond donors (Lipinski definition) is 1. The van der Waals surface area contributed by atoms with Gasteiger partial charge in [0.2, 0.25) is 5.91 Å². The van der Waals surface area contributed by atoms with Gasteiger partial charge in [-0.1, -0.05) is 29.8 Å². The summed E-state index contributed by atoms with van der Waals surface area (Å²) in [6.07, 6.45) is 2.03. The number of amides is 1. The molecular weight excluding hydrogens is 248 g/mol. The molecule has 1 amide bonds. The fourth-order valence-corrected chi connectivity index (χ4v) is 2.49. The van der Waals surface area contributed by atoms with E-state index >= 15 is 0 Å². The third kappa shape index (κ3) is 3.03. The topological polar surface area (TPSA) is 32.3 Å². The van der Waals surface area contributed by atoms with Crippen LogP contribution in [-0.4, -0.2) is 29.9 Å². The minimum absolute atomic E-state index is 0.00700. The summed E-state index contributed by atoms with van der Waals surface area (Å²) in [5.41, 5.74) is 1.01. The van der Waals surface area contributed by atoms with E-state index < -0.39 is 0 Å². The second kappa shape index (κ2) is 6.21. The number of carbonyl (C=O) groups is 1. The number of nitrogens with one attached hydrogen (secondary N) is 1. The lowest BCUT2D eigenvalue weighted by atomic mass is 10.1. The van der Waals surface area contributed by atoms with Crippen LogP contribution in [0.3, 0.4) is 0 Å². The van der Waals surface area contributed by atoms with E-state index in [1.807, 2.05) is 36.1 Å². The van der Waals surface area contributed by atoms with Crippen LogP contribution in [0.2, 0.25) is 5.02 Å². The Hall–Kier alpha value is -1.06. The lowest BCUT2D eigenvalue weighted by Crippen LogP contribution is -2.43. The Kier molecular flexibility index (Phi) is 4.61. The summed E-state index contributed by atoms with van der Waals surface area (Å²) in [4.78, 5) is 14.2. The van der Waals surface area contributed by atoms with Gasteiger partial charge < -0.3 is 10.2 Å². The number of hydrogen-bond acceptors (Lipinski definition) is 2. The van der Waals surface area contributed by atoms with Crippen LogP contribution < -0.4 is 5.32 Å². The van der Waals surface area contributed by atoms with Crippen molar-refractivity contribution in [1.29, 1.82) is 0 Å². The van der Waals surface area contributed by atoms with Crippen LogP contribution in [0.1, 0.15) is 25.3 Å². The molecule has 1 fully saturated rings. The molecule has 1 heterocycles.